The highest BCUT2D eigenvalue weighted by atomic mass is 32.2. The van der Waals surface area contributed by atoms with Crippen LogP contribution in [0.1, 0.15) is 41.6 Å². The Morgan fingerprint density at radius 1 is 1.11 bits per heavy atom. The molecule has 2 aliphatic heterocycles. The van der Waals surface area contributed by atoms with Gasteiger partial charge in [-0.15, -0.1) is 14.1 Å². The van der Waals surface area contributed by atoms with Crippen LogP contribution in [0.3, 0.4) is 0 Å². The van der Waals surface area contributed by atoms with E-state index >= 15 is 0 Å². The molecule has 2 saturated heterocycles. The number of likely N-dealkylation sites (tertiary alicyclic amines) is 1. The molecule has 11 nitrogen and oxygen atoms in total. The highest BCUT2D eigenvalue weighted by molar-refractivity contribution is 7.91. The molecular formula is C32H44N4O7SSi-. The lowest BCUT2D eigenvalue weighted by Gasteiger charge is -2.31. The van der Waals surface area contributed by atoms with Crippen LogP contribution in [0.25, 0.3) is 22.3 Å². The summed E-state index contributed by atoms with van der Waals surface area (Å²) < 4.78 is 37.4. The molecule has 0 spiro atoms. The maximum Gasteiger partial charge on any atom is 0.299 e. The van der Waals surface area contributed by atoms with Crippen LogP contribution in [0.2, 0.25) is 25.7 Å². The molecule has 1 aromatic carbocycles. The molecule has 0 atom stereocenters. The molecule has 4 heterocycles. The number of fused-ring (bicyclic) bond motifs is 1. The van der Waals surface area contributed by atoms with Gasteiger partial charge in [0.25, 0.3) is 5.69 Å². The van der Waals surface area contributed by atoms with E-state index in [2.05, 4.69) is 41.7 Å². The Hall–Kier alpha value is -2.97. The largest absolute Gasteiger partial charge is 0.381 e. The molecule has 3 aromatic rings. The Morgan fingerprint density at radius 2 is 1.78 bits per heavy atom. The minimum Gasteiger partial charge on any atom is -0.381 e. The van der Waals surface area contributed by atoms with Crippen LogP contribution in [0, 0.1) is 16.0 Å². The molecule has 13 heteroatoms. The van der Waals surface area contributed by atoms with Gasteiger partial charge in [-0.3, -0.25) is 19.8 Å². The lowest BCUT2D eigenvalue weighted by atomic mass is 9.89. The first-order chi connectivity index (χ1) is 21.3. The third-order valence-electron chi connectivity index (χ3n) is 8.95. The number of ether oxygens (including phenoxy) is 2. The van der Waals surface area contributed by atoms with Crippen molar-refractivity contribution in [2.75, 3.05) is 39.2 Å². The molecule has 0 N–H and O–H groups in total. The number of piperidine rings is 1. The minimum absolute atomic E-state index is 0.105. The predicted molar refractivity (Wildman–Crippen MR) is 177 cm³/mol. The number of sulfone groups is 1. The minimum atomic E-state index is -3.02. The highest BCUT2D eigenvalue weighted by Gasteiger charge is 2.33. The predicted octanol–water partition coefficient (Wildman–Crippen LogP) is 5.54. The Bertz CT molecular complexity index is 1640. The summed E-state index contributed by atoms with van der Waals surface area (Å²) in [6.07, 6.45) is 4.86. The SMILES string of the molecule is C[Si-](C)(C)CCOCn1c(-c2ccc(CN3CCC(S(C)(=O)=O)CC3)cc2)cc2c(C(=O)C3CCOCC3)c([N+](=O)[O-])cnc21. The molecule has 2 aromatic heterocycles. The number of hydrogen-bond donors (Lipinski definition) is 0. The second-order valence-corrected chi connectivity index (χ2v) is 21.5. The summed E-state index contributed by atoms with van der Waals surface area (Å²) in [5, 5.41) is 12.3. The molecule has 0 aliphatic carbocycles. The molecule has 0 radical (unpaired) electrons. The van der Waals surface area contributed by atoms with E-state index in [1.54, 1.807) is 0 Å². The normalized spacial score (nSPS) is 17.6. The first kappa shape index (κ1) is 33.4. The lowest BCUT2D eigenvalue weighted by Crippen LogP contribution is -2.38. The fourth-order valence-electron chi connectivity index (χ4n) is 6.19. The van der Waals surface area contributed by atoms with E-state index in [4.69, 9.17) is 9.47 Å². The van der Waals surface area contributed by atoms with Crippen LogP contribution < -0.4 is 0 Å². The number of hydrogen-bond acceptors (Lipinski definition) is 9. The van der Waals surface area contributed by atoms with Crippen LogP contribution in [-0.4, -0.2) is 86.1 Å². The second kappa shape index (κ2) is 13.8. The van der Waals surface area contributed by atoms with Crippen molar-refractivity contribution in [3.63, 3.8) is 0 Å². The topological polar surface area (TPSA) is 134 Å². The van der Waals surface area contributed by atoms with Gasteiger partial charge in [0, 0.05) is 43.9 Å². The summed E-state index contributed by atoms with van der Waals surface area (Å²) in [5.74, 6) is -0.583. The zero-order valence-electron chi connectivity index (χ0n) is 26.7. The average molecular weight is 657 g/mol. The number of nitrogens with zero attached hydrogens (tertiary/aromatic N) is 4. The van der Waals surface area contributed by atoms with Crippen molar-refractivity contribution in [1.29, 1.82) is 0 Å². The molecule has 5 rings (SSSR count). The van der Waals surface area contributed by atoms with Gasteiger partial charge in [0.15, 0.2) is 5.78 Å². The van der Waals surface area contributed by atoms with E-state index < -0.39 is 22.8 Å². The first-order valence-corrected chi connectivity index (χ1v) is 21.3. The van der Waals surface area contributed by atoms with E-state index in [-0.39, 0.29) is 34.9 Å². The number of nitro groups is 1. The van der Waals surface area contributed by atoms with Crippen molar-refractivity contribution in [2.45, 2.75) is 69.9 Å². The van der Waals surface area contributed by atoms with Gasteiger partial charge in [-0.05, 0) is 56.0 Å². The van der Waals surface area contributed by atoms with Crippen molar-refractivity contribution in [3.8, 4) is 11.3 Å². The molecule has 0 unspecified atom stereocenters. The number of carbonyl (C=O) groups is 1. The van der Waals surface area contributed by atoms with Crippen LogP contribution in [0.15, 0.2) is 36.5 Å². The lowest BCUT2D eigenvalue weighted by molar-refractivity contribution is -0.385. The van der Waals surface area contributed by atoms with Crippen molar-refractivity contribution in [2.24, 2.45) is 5.92 Å². The molecule has 245 valence electrons. The average Bonchev–Trinajstić information content (AvgIpc) is 3.37. The summed E-state index contributed by atoms with van der Waals surface area (Å²) >= 11 is 0. The number of Topliss-reactive ketones (excluding diaryl/α,β-unsaturated/α-hetero) is 1. The molecule has 2 fully saturated rings. The number of pyridine rings is 1. The van der Waals surface area contributed by atoms with Gasteiger partial charge in [0.05, 0.1) is 15.9 Å². The summed E-state index contributed by atoms with van der Waals surface area (Å²) in [6, 6.07) is 11.0. The van der Waals surface area contributed by atoms with Crippen LogP contribution in [0.5, 0.6) is 0 Å². The van der Waals surface area contributed by atoms with Crippen molar-refractivity contribution in [1.82, 2.24) is 14.5 Å². The summed E-state index contributed by atoms with van der Waals surface area (Å²) in [5.41, 5.74) is 3.07. The second-order valence-electron chi connectivity index (χ2n) is 13.6. The number of aromatic nitrogens is 2. The quantitative estimate of drug-likeness (QED) is 0.0810. The molecule has 0 amide bonds. The van der Waals surface area contributed by atoms with Gasteiger partial charge in [-0.25, -0.2) is 13.4 Å². The standard InChI is InChI=1S/C32H44N4O7SSi/c1-44(40,41)26-9-13-34(14-10-26)21-23-5-7-24(8-6-23)28-19-27-30(31(37)25-11-15-42-16-12-25)29(36(38)39)20-33-32(27)35(28)22-43-17-18-45(2,3)4/h5-8,19-20,25-26H,9-18,21-22H2,1-4H3/q-1. The number of ketones is 1. The van der Waals surface area contributed by atoms with E-state index in [1.165, 1.54) is 12.5 Å². The Kier molecular flexibility index (Phi) is 10.2. The number of benzene rings is 1. The van der Waals surface area contributed by atoms with Gasteiger partial charge in [-0.2, -0.15) is 19.6 Å². The first-order valence-electron chi connectivity index (χ1n) is 15.7. The summed E-state index contributed by atoms with van der Waals surface area (Å²) in [6.45, 7) is 10.8. The fourth-order valence-corrected chi connectivity index (χ4v) is 8.01. The van der Waals surface area contributed by atoms with Gasteiger partial charge in [0.2, 0.25) is 0 Å². The monoisotopic (exact) mass is 656 g/mol. The number of carbonyl (C=O) groups excluding carboxylic acids is 1. The van der Waals surface area contributed by atoms with E-state index in [0.717, 1.165) is 42.5 Å². The molecular weight excluding hydrogens is 613 g/mol. The molecule has 0 bridgehead atoms. The third-order valence-corrected chi connectivity index (χ3v) is 12.3. The zero-order valence-corrected chi connectivity index (χ0v) is 28.5. The van der Waals surface area contributed by atoms with E-state index in [1.807, 2.05) is 22.8 Å². The Balaban J connectivity index is 1.47. The summed E-state index contributed by atoms with van der Waals surface area (Å²) in [4.78, 5) is 32.2. The van der Waals surface area contributed by atoms with Crippen molar-refractivity contribution in [3.05, 3.63) is 57.8 Å². The van der Waals surface area contributed by atoms with Crippen LogP contribution in [-0.2, 0) is 32.6 Å². The highest BCUT2D eigenvalue weighted by Crippen LogP contribution is 2.36. The molecule has 2 aliphatic rings. The maximum atomic E-state index is 13.8. The van der Waals surface area contributed by atoms with Gasteiger partial charge < -0.3 is 14.0 Å². The molecule has 0 saturated carbocycles. The van der Waals surface area contributed by atoms with Gasteiger partial charge in [0.1, 0.15) is 34.0 Å². The van der Waals surface area contributed by atoms with Crippen LogP contribution >= 0.6 is 0 Å². The van der Waals surface area contributed by atoms with E-state index in [0.29, 0.717) is 56.5 Å². The number of rotatable bonds is 12. The Morgan fingerprint density at radius 3 is 2.38 bits per heavy atom. The smallest absolute Gasteiger partial charge is 0.299 e. The van der Waals surface area contributed by atoms with Gasteiger partial charge >= 0.3 is 0 Å². The van der Waals surface area contributed by atoms with Crippen molar-refractivity contribution < 1.29 is 27.6 Å². The van der Waals surface area contributed by atoms with Crippen molar-refractivity contribution >= 4 is 40.4 Å². The van der Waals surface area contributed by atoms with Gasteiger partial charge in [-0.1, -0.05) is 24.3 Å². The Labute approximate surface area is 266 Å². The van der Waals surface area contributed by atoms with E-state index in [9.17, 15) is 23.3 Å². The van der Waals surface area contributed by atoms with Crippen LogP contribution in [0.4, 0.5) is 5.69 Å². The maximum absolute atomic E-state index is 13.8. The fraction of sp³-hybridized carbons (Fsp3) is 0.562. The zero-order chi connectivity index (χ0) is 32.4. The molecule has 45 heavy (non-hydrogen) atoms. The third kappa shape index (κ3) is 8.06. The summed E-state index contributed by atoms with van der Waals surface area (Å²) in [7, 11) is -4.34.